The van der Waals surface area contributed by atoms with Crippen LogP contribution in [0.5, 0.6) is 0 Å². The Bertz CT molecular complexity index is 670. The zero-order chi connectivity index (χ0) is 18.0. The fraction of sp³-hybridized carbons (Fsp3) is 0.500. The van der Waals surface area contributed by atoms with Crippen LogP contribution in [0.25, 0.3) is 0 Å². The average molecular weight is 365 g/mol. The van der Waals surface area contributed by atoms with Gasteiger partial charge in [0, 0.05) is 24.0 Å². The first-order valence-corrected chi connectivity index (χ1v) is 8.91. The normalized spacial score (nSPS) is 22.2. The number of carbonyl (C=O) groups is 3. The monoisotopic (exact) mass is 364 g/mol. The summed E-state index contributed by atoms with van der Waals surface area (Å²) in [4.78, 5) is 38.1. The zero-order valence-corrected chi connectivity index (χ0v) is 14.5. The fourth-order valence-corrected chi connectivity index (χ4v) is 3.81. The molecule has 0 aromatic heterocycles. The summed E-state index contributed by atoms with van der Waals surface area (Å²) in [7, 11) is 0. The molecule has 3 rings (SSSR count). The highest BCUT2D eigenvalue weighted by molar-refractivity contribution is 6.30. The predicted octanol–water partition coefficient (Wildman–Crippen LogP) is 2.37. The van der Waals surface area contributed by atoms with E-state index in [2.05, 4.69) is 5.32 Å². The molecule has 7 heteroatoms. The second-order valence-corrected chi connectivity index (χ2v) is 7.15. The van der Waals surface area contributed by atoms with Crippen LogP contribution in [0.2, 0.25) is 5.02 Å². The van der Waals surface area contributed by atoms with E-state index in [1.807, 2.05) is 0 Å². The topological polar surface area (TPSA) is 86.7 Å². The molecule has 1 aromatic rings. The number of halogens is 1. The van der Waals surface area contributed by atoms with E-state index in [1.165, 1.54) is 0 Å². The minimum absolute atomic E-state index is 0.00887. The van der Waals surface area contributed by atoms with Crippen molar-refractivity contribution >= 4 is 29.4 Å². The van der Waals surface area contributed by atoms with Gasteiger partial charge in [0.15, 0.2) is 6.04 Å². The van der Waals surface area contributed by atoms with E-state index in [1.54, 1.807) is 29.2 Å². The van der Waals surface area contributed by atoms with E-state index >= 15 is 0 Å². The number of carboxylic acids is 1. The lowest BCUT2D eigenvalue weighted by molar-refractivity contribution is -0.142. The molecule has 1 saturated carbocycles. The Morgan fingerprint density at radius 1 is 1.20 bits per heavy atom. The van der Waals surface area contributed by atoms with Crippen molar-refractivity contribution in [3.8, 4) is 0 Å². The summed E-state index contributed by atoms with van der Waals surface area (Å²) in [5, 5.41) is 12.5. The zero-order valence-electron chi connectivity index (χ0n) is 13.8. The SMILES string of the molecule is O=C(NC(C(=O)O)c1ccc(Cl)cc1)C1CC(=O)N(C2CCCC2)C1. The van der Waals surface area contributed by atoms with Crippen molar-refractivity contribution < 1.29 is 19.5 Å². The first-order chi connectivity index (χ1) is 12.0. The predicted molar refractivity (Wildman–Crippen MR) is 92.0 cm³/mol. The summed E-state index contributed by atoms with van der Waals surface area (Å²) in [6.45, 7) is 0.377. The van der Waals surface area contributed by atoms with Crippen LogP contribution in [0.4, 0.5) is 0 Å². The summed E-state index contributed by atoms with van der Waals surface area (Å²) in [5.41, 5.74) is 0.447. The number of nitrogens with zero attached hydrogens (tertiary/aromatic N) is 1. The third-order valence-electron chi connectivity index (χ3n) is 5.03. The second kappa shape index (κ2) is 7.44. The molecule has 25 heavy (non-hydrogen) atoms. The molecule has 2 fully saturated rings. The standard InChI is InChI=1S/C18H21ClN2O4/c19-13-7-5-11(6-8-13)16(18(24)25)20-17(23)12-9-15(22)21(10-12)14-3-1-2-4-14/h5-8,12,14,16H,1-4,9-10H2,(H,20,23)(H,24,25). The summed E-state index contributed by atoms with van der Waals surface area (Å²) in [5.74, 6) is -2.04. The van der Waals surface area contributed by atoms with E-state index in [0.29, 0.717) is 17.1 Å². The molecule has 1 heterocycles. The van der Waals surface area contributed by atoms with E-state index in [0.717, 1.165) is 25.7 Å². The van der Waals surface area contributed by atoms with Crippen molar-refractivity contribution in [2.24, 2.45) is 5.92 Å². The smallest absolute Gasteiger partial charge is 0.330 e. The van der Waals surface area contributed by atoms with Crippen molar-refractivity contribution in [3.05, 3.63) is 34.9 Å². The lowest BCUT2D eigenvalue weighted by Gasteiger charge is -2.24. The van der Waals surface area contributed by atoms with Gasteiger partial charge in [0.25, 0.3) is 0 Å². The van der Waals surface area contributed by atoms with E-state index < -0.39 is 23.8 Å². The summed E-state index contributed by atoms with van der Waals surface area (Å²) < 4.78 is 0. The number of hydrogen-bond acceptors (Lipinski definition) is 3. The van der Waals surface area contributed by atoms with Gasteiger partial charge < -0.3 is 15.3 Å². The van der Waals surface area contributed by atoms with Crippen LogP contribution >= 0.6 is 11.6 Å². The van der Waals surface area contributed by atoms with Gasteiger partial charge in [-0.2, -0.15) is 0 Å². The fourth-order valence-electron chi connectivity index (χ4n) is 3.68. The molecule has 2 atom stereocenters. The lowest BCUT2D eigenvalue weighted by Crippen LogP contribution is -2.40. The molecule has 0 radical (unpaired) electrons. The number of benzene rings is 1. The number of nitrogens with one attached hydrogen (secondary N) is 1. The Balaban J connectivity index is 1.66. The van der Waals surface area contributed by atoms with Crippen LogP contribution in [0, 0.1) is 5.92 Å². The summed E-state index contributed by atoms with van der Waals surface area (Å²) in [6.07, 6.45) is 4.35. The molecule has 2 N–H and O–H groups in total. The number of rotatable bonds is 5. The molecule has 2 aliphatic rings. The van der Waals surface area contributed by atoms with Crippen LogP contribution in [-0.4, -0.2) is 40.4 Å². The van der Waals surface area contributed by atoms with Gasteiger partial charge in [-0.3, -0.25) is 9.59 Å². The van der Waals surface area contributed by atoms with E-state index in [-0.39, 0.29) is 18.4 Å². The molecule has 0 spiro atoms. The number of amides is 2. The second-order valence-electron chi connectivity index (χ2n) is 6.72. The highest BCUT2D eigenvalue weighted by Gasteiger charge is 2.39. The van der Waals surface area contributed by atoms with Gasteiger partial charge >= 0.3 is 5.97 Å². The van der Waals surface area contributed by atoms with Gasteiger partial charge in [-0.05, 0) is 30.5 Å². The number of likely N-dealkylation sites (tertiary alicyclic amines) is 1. The van der Waals surface area contributed by atoms with Gasteiger partial charge in [-0.25, -0.2) is 4.79 Å². The highest BCUT2D eigenvalue weighted by Crippen LogP contribution is 2.30. The Labute approximate surface area is 151 Å². The molecule has 6 nitrogen and oxygen atoms in total. The third-order valence-corrected chi connectivity index (χ3v) is 5.28. The minimum atomic E-state index is -1.15. The molecule has 1 saturated heterocycles. The van der Waals surface area contributed by atoms with Gasteiger partial charge in [0.1, 0.15) is 0 Å². The van der Waals surface area contributed by atoms with Gasteiger partial charge in [0.2, 0.25) is 11.8 Å². The maximum absolute atomic E-state index is 12.5. The summed E-state index contributed by atoms with van der Waals surface area (Å²) in [6, 6.07) is 5.40. The van der Waals surface area contributed by atoms with E-state index in [4.69, 9.17) is 11.6 Å². The quantitative estimate of drug-likeness (QED) is 0.839. The lowest BCUT2D eigenvalue weighted by atomic mass is 10.0. The van der Waals surface area contributed by atoms with Crippen molar-refractivity contribution in [2.45, 2.75) is 44.2 Å². The maximum Gasteiger partial charge on any atom is 0.330 e. The molecule has 2 unspecified atom stereocenters. The molecular formula is C18H21ClN2O4. The van der Waals surface area contributed by atoms with Gasteiger partial charge in [-0.1, -0.05) is 36.6 Å². The first-order valence-electron chi connectivity index (χ1n) is 8.54. The summed E-state index contributed by atoms with van der Waals surface area (Å²) >= 11 is 5.82. The van der Waals surface area contributed by atoms with Crippen LogP contribution in [0.15, 0.2) is 24.3 Å². The molecule has 1 aliphatic heterocycles. The number of carbonyl (C=O) groups excluding carboxylic acids is 2. The van der Waals surface area contributed by atoms with Crippen LogP contribution < -0.4 is 5.32 Å². The Morgan fingerprint density at radius 2 is 1.84 bits per heavy atom. The van der Waals surface area contributed by atoms with Crippen molar-refractivity contribution in [2.75, 3.05) is 6.54 Å². The molecule has 134 valence electrons. The Kier molecular flexibility index (Phi) is 5.27. The Hall–Kier alpha value is -2.08. The molecule has 0 bridgehead atoms. The van der Waals surface area contributed by atoms with Crippen molar-refractivity contribution in [1.82, 2.24) is 10.2 Å². The first kappa shape index (κ1) is 17.7. The van der Waals surface area contributed by atoms with E-state index in [9.17, 15) is 19.5 Å². The number of carboxylic acid groups (broad SMARTS) is 1. The largest absolute Gasteiger partial charge is 0.479 e. The van der Waals surface area contributed by atoms with Gasteiger partial charge in [-0.15, -0.1) is 0 Å². The van der Waals surface area contributed by atoms with Crippen LogP contribution in [0.3, 0.4) is 0 Å². The highest BCUT2D eigenvalue weighted by atomic mass is 35.5. The van der Waals surface area contributed by atoms with Gasteiger partial charge in [0.05, 0.1) is 5.92 Å². The van der Waals surface area contributed by atoms with Crippen LogP contribution in [0.1, 0.15) is 43.7 Å². The third kappa shape index (κ3) is 3.95. The molecule has 1 aliphatic carbocycles. The Morgan fingerprint density at radius 3 is 2.44 bits per heavy atom. The van der Waals surface area contributed by atoms with Crippen LogP contribution in [-0.2, 0) is 14.4 Å². The van der Waals surface area contributed by atoms with Crippen molar-refractivity contribution in [1.29, 1.82) is 0 Å². The number of aliphatic carboxylic acids is 1. The number of hydrogen-bond donors (Lipinski definition) is 2. The van der Waals surface area contributed by atoms with Crippen molar-refractivity contribution in [3.63, 3.8) is 0 Å². The maximum atomic E-state index is 12.5. The minimum Gasteiger partial charge on any atom is -0.479 e. The molecular weight excluding hydrogens is 344 g/mol. The molecule has 1 aromatic carbocycles. The molecule has 2 amide bonds. The average Bonchev–Trinajstić information content (AvgIpc) is 3.22.